The van der Waals surface area contributed by atoms with Crippen LogP contribution in [0.5, 0.6) is 0 Å². The van der Waals surface area contributed by atoms with E-state index >= 15 is 0 Å². The molecule has 3 heteroatoms. The predicted octanol–water partition coefficient (Wildman–Crippen LogP) is 3.80. The van der Waals surface area contributed by atoms with Gasteiger partial charge in [-0.25, -0.2) is 0 Å². The van der Waals surface area contributed by atoms with Gasteiger partial charge in [-0.05, 0) is 49.2 Å². The fourth-order valence-electron chi connectivity index (χ4n) is 3.41. The van der Waals surface area contributed by atoms with Crippen LogP contribution in [0.15, 0.2) is 42.5 Å². The number of amides is 1. The van der Waals surface area contributed by atoms with Gasteiger partial charge < -0.3 is 10.6 Å². The zero-order chi connectivity index (χ0) is 15.4. The monoisotopic (exact) mass is 296 g/mol. The Morgan fingerprint density at radius 2 is 1.91 bits per heavy atom. The Morgan fingerprint density at radius 3 is 2.73 bits per heavy atom. The fourth-order valence-corrected chi connectivity index (χ4v) is 3.41. The maximum Gasteiger partial charge on any atom is 0.224 e. The van der Waals surface area contributed by atoms with Gasteiger partial charge in [-0.2, -0.15) is 0 Å². The van der Waals surface area contributed by atoms with Gasteiger partial charge in [0, 0.05) is 17.5 Å². The van der Waals surface area contributed by atoms with Crippen LogP contribution in [-0.2, 0) is 4.79 Å². The molecule has 2 aromatic rings. The smallest absolute Gasteiger partial charge is 0.224 e. The molecule has 0 radical (unpaired) electrons. The third-order valence-corrected chi connectivity index (χ3v) is 4.76. The van der Waals surface area contributed by atoms with Crippen LogP contribution < -0.4 is 10.6 Å². The van der Waals surface area contributed by atoms with Crippen molar-refractivity contribution in [2.45, 2.75) is 26.2 Å². The number of carbonyl (C=O) groups is 1. The molecule has 1 aliphatic heterocycles. The fraction of sp³-hybridized carbons (Fsp3) is 0.421. The number of benzene rings is 2. The number of carbonyl (C=O) groups excluding carboxylic acids is 1. The van der Waals surface area contributed by atoms with Crippen molar-refractivity contribution >= 4 is 22.4 Å². The summed E-state index contributed by atoms with van der Waals surface area (Å²) in [4.78, 5) is 12.4. The van der Waals surface area contributed by atoms with Crippen molar-refractivity contribution in [2.24, 2.45) is 11.8 Å². The van der Waals surface area contributed by atoms with Crippen molar-refractivity contribution in [1.29, 1.82) is 0 Å². The molecule has 3 rings (SSSR count). The van der Waals surface area contributed by atoms with Crippen molar-refractivity contribution in [1.82, 2.24) is 5.32 Å². The Labute approximate surface area is 132 Å². The highest BCUT2D eigenvalue weighted by molar-refractivity contribution is 6.02. The van der Waals surface area contributed by atoms with Crippen molar-refractivity contribution < 1.29 is 4.79 Å². The lowest BCUT2D eigenvalue weighted by Gasteiger charge is -2.27. The lowest BCUT2D eigenvalue weighted by Crippen LogP contribution is -2.32. The molecule has 1 atom stereocenters. The second-order valence-electron chi connectivity index (χ2n) is 6.34. The van der Waals surface area contributed by atoms with Gasteiger partial charge >= 0.3 is 0 Å². The molecule has 0 spiro atoms. The molecule has 2 aromatic carbocycles. The zero-order valence-corrected chi connectivity index (χ0v) is 13.1. The number of fused-ring (bicyclic) bond motifs is 1. The molecule has 1 amide bonds. The third-order valence-electron chi connectivity index (χ3n) is 4.76. The molecule has 2 N–H and O–H groups in total. The average Bonchev–Trinajstić information content (AvgIpc) is 2.56. The van der Waals surface area contributed by atoms with E-state index in [1.54, 1.807) is 0 Å². The topological polar surface area (TPSA) is 41.1 Å². The van der Waals surface area contributed by atoms with Gasteiger partial charge in [-0.15, -0.1) is 0 Å². The lowest BCUT2D eigenvalue weighted by molar-refractivity contribution is -0.117. The molecule has 1 saturated heterocycles. The van der Waals surface area contributed by atoms with Crippen molar-refractivity contribution in [2.75, 3.05) is 18.4 Å². The Morgan fingerprint density at radius 1 is 1.18 bits per heavy atom. The minimum absolute atomic E-state index is 0.127. The quantitative estimate of drug-likeness (QED) is 0.901. The Hall–Kier alpha value is -1.87. The summed E-state index contributed by atoms with van der Waals surface area (Å²) in [5.74, 6) is 1.24. The minimum atomic E-state index is 0.127. The van der Waals surface area contributed by atoms with E-state index in [1.165, 1.54) is 12.8 Å². The summed E-state index contributed by atoms with van der Waals surface area (Å²) in [6, 6.07) is 14.2. The summed E-state index contributed by atoms with van der Waals surface area (Å²) < 4.78 is 0. The maximum atomic E-state index is 12.4. The molecule has 0 aromatic heterocycles. The highest BCUT2D eigenvalue weighted by Gasteiger charge is 2.22. The van der Waals surface area contributed by atoms with Gasteiger partial charge in [0.2, 0.25) is 5.91 Å². The molecule has 1 unspecified atom stereocenters. The second kappa shape index (κ2) is 6.93. The van der Waals surface area contributed by atoms with E-state index in [4.69, 9.17) is 0 Å². The SMILES string of the molecule is CC(CC(=O)Nc1cccc2ccccc12)C1CCNCC1. The van der Waals surface area contributed by atoms with E-state index in [1.807, 2.05) is 24.3 Å². The first kappa shape index (κ1) is 15.0. The first-order valence-electron chi connectivity index (χ1n) is 8.22. The Kier molecular flexibility index (Phi) is 4.74. The van der Waals surface area contributed by atoms with Crippen LogP contribution >= 0.6 is 0 Å². The zero-order valence-electron chi connectivity index (χ0n) is 13.1. The number of rotatable bonds is 4. The van der Waals surface area contributed by atoms with Crippen LogP contribution in [0.3, 0.4) is 0 Å². The molecular weight excluding hydrogens is 272 g/mol. The van der Waals surface area contributed by atoms with Gasteiger partial charge in [-0.1, -0.05) is 43.3 Å². The number of hydrogen-bond donors (Lipinski definition) is 2. The van der Waals surface area contributed by atoms with Gasteiger partial charge in [-0.3, -0.25) is 4.79 Å². The summed E-state index contributed by atoms with van der Waals surface area (Å²) in [5, 5.41) is 8.75. The maximum absolute atomic E-state index is 12.4. The number of anilines is 1. The molecular formula is C19H24N2O. The van der Waals surface area contributed by atoms with Gasteiger partial charge in [0.15, 0.2) is 0 Å². The lowest BCUT2D eigenvalue weighted by atomic mass is 9.84. The van der Waals surface area contributed by atoms with E-state index in [0.29, 0.717) is 18.3 Å². The highest BCUT2D eigenvalue weighted by Crippen LogP contribution is 2.26. The summed E-state index contributed by atoms with van der Waals surface area (Å²) in [6.45, 7) is 4.37. The largest absolute Gasteiger partial charge is 0.326 e. The van der Waals surface area contributed by atoms with Crippen LogP contribution in [0, 0.1) is 11.8 Å². The van der Waals surface area contributed by atoms with E-state index < -0.39 is 0 Å². The summed E-state index contributed by atoms with van der Waals surface area (Å²) in [6.07, 6.45) is 2.97. The molecule has 22 heavy (non-hydrogen) atoms. The normalized spacial score (nSPS) is 17.3. The van der Waals surface area contributed by atoms with E-state index in [2.05, 4.69) is 35.8 Å². The van der Waals surface area contributed by atoms with Gasteiger partial charge in [0.05, 0.1) is 0 Å². The Balaban J connectivity index is 1.65. The van der Waals surface area contributed by atoms with E-state index in [-0.39, 0.29) is 5.91 Å². The summed E-state index contributed by atoms with van der Waals surface area (Å²) in [7, 11) is 0. The van der Waals surface area contributed by atoms with Gasteiger partial charge in [0.25, 0.3) is 0 Å². The number of nitrogens with one attached hydrogen (secondary N) is 2. The third kappa shape index (κ3) is 3.47. The first-order valence-corrected chi connectivity index (χ1v) is 8.22. The van der Waals surface area contributed by atoms with Crippen molar-refractivity contribution in [3.8, 4) is 0 Å². The second-order valence-corrected chi connectivity index (χ2v) is 6.34. The van der Waals surface area contributed by atoms with Crippen LogP contribution in [-0.4, -0.2) is 19.0 Å². The number of hydrogen-bond acceptors (Lipinski definition) is 2. The molecule has 1 heterocycles. The molecule has 1 fully saturated rings. The van der Waals surface area contributed by atoms with Crippen molar-refractivity contribution in [3.63, 3.8) is 0 Å². The predicted molar refractivity (Wildman–Crippen MR) is 92.0 cm³/mol. The summed E-state index contributed by atoms with van der Waals surface area (Å²) >= 11 is 0. The van der Waals surface area contributed by atoms with E-state index in [9.17, 15) is 4.79 Å². The Bertz CT molecular complexity index is 641. The van der Waals surface area contributed by atoms with Crippen LogP contribution in [0.25, 0.3) is 10.8 Å². The molecule has 0 bridgehead atoms. The van der Waals surface area contributed by atoms with Gasteiger partial charge in [0.1, 0.15) is 0 Å². The minimum Gasteiger partial charge on any atom is -0.326 e. The molecule has 0 aliphatic carbocycles. The average molecular weight is 296 g/mol. The van der Waals surface area contributed by atoms with E-state index in [0.717, 1.165) is 29.5 Å². The van der Waals surface area contributed by atoms with Crippen LogP contribution in [0.4, 0.5) is 5.69 Å². The molecule has 0 saturated carbocycles. The first-order chi connectivity index (χ1) is 10.7. The standard InChI is InChI=1S/C19H24N2O/c1-14(15-9-11-20-12-10-15)13-19(22)21-18-8-4-6-16-5-2-3-7-17(16)18/h2-8,14-15,20H,9-13H2,1H3,(H,21,22). The highest BCUT2D eigenvalue weighted by atomic mass is 16.1. The van der Waals surface area contributed by atoms with Crippen molar-refractivity contribution in [3.05, 3.63) is 42.5 Å². The number of piperidine rings is 1. The van der Waals surface area contributed by atoms with Crippen LogP contribution in [0.2, 0.25) is 0 Å². The summed E-state index contributed by atoms with van der Waals surface area (Å²) in [5.41, 5.74) is 0.917. The molecule has 1 aliphatic rings. The van der Waals surface area contributed by atoms with Crippen LogP contribution in [0.1, 0.15) is 26.2 Å². The molecule has 116 valence electrons. The molecule has 3 nitrogen and oxygen atoms in total.